The van der Waals surface area contributed by atoms with E-state index in [1.165, 1.54) is 31.2 Å². The lowest BCUT2D eigenvalue weighted by Crippen LogP contribution is -2.60. The van der Waals surface area contributed by atoms with E-state index in [0.717, 1.165) is 13.0 Å². The minimum atomic E-state index is -1.40. The van der Waals surface area contributed by atoms with Crippen LogP contribution in [-0.4, -0.2) is 92.7 Å². The Bertz CT molecular complexity index is 799. The first kappa shape index (κ1) is 26.6. The molecule has 5 atom stereocenters. The van der Waals surface area contributed by atoms with Crippen LogP contribution in [0.5, 0.6) is 0 Å². The van der Waals surface area contributed by atoms with Gasteiger partial charge in [0.1, 0.15) is 18.1 Å². The van der Waals surface area contributed by atoms with E-state index < -0.39 is 42.0 Å². The number of nitrogens with one attached hydrogen (secondary N) is 5. The highest BCUT2D eigenvalue weighted by molar-refractivity contribution is 7.98. The average Bonchev–Trinajstić information content (AvgIpc) is 3.48. The fraction of sp³-hybridized carbons (Fsp3) is 0.650. The van der Waals surface area contributed by atoms with Crippen molar-refractivity contribution < 1.29 is 29.4 Å². The second kappa shape index (κ2) is 13.2. The number of aromatic nitrogens is 2. The third-order valence-electron chi connectivity index (χ3n) is 5.28. The van der Waals surface area contributed by atoms with Gasteiger partial charge in [0.2, 0.25) is 17.7 Å². The SMILES string of the molecule is CSCCC(NC(=O)C1CCCN1)C(=O)NC(C(=O)NC(Cc1cnc[nH]1)C(=O)O)C(C)O. The standard InChI is InChI=1S/C20H32N6O6S/c1-11(27)16(19(30)25-15(20(31)32)8-12-9-21-10-23-12)26-18(29)14(5-7-33-2)24-17(28)13-4-3-6-22-13/h9-11,13-16,22,27H,3-8H2,1-2H3,(H,21,23)(H,24,28)(H,25,30)(H,26,29)(H,31,32). The molecular weight excluding hydrogens is 452 g/mol. The molecule has 0 radical (unpaired) electrons. The summed E-state index contributed by atoms with van der Waals surface area (Å²) in [6, 6.07) is -3.97. The van der Waals surface area contributed by atoms with Gasteiger partial charge in [-0.05, 0) is 44.7 Å². The molecule has 0 saturated carbocycles. The molecule has 184 valence electrons. The van der Waals surface area contributed by atoms with Crippen LogP contribution in [0.15, 0.2) is 12.5 Å². The summed E-state index contributed by atoms with van der Waals surface area (Å²) in [5, 5.41) is 30.2. The van der Waals surface area contributed by atoms with E-state index in [9.17, 15) is 29.4 Å². The van der Waals surface area contributed by atoms with Gasteiger partial charge in [-0.15, -0.1) is 0 Å². The third kappa shape index (κ3) is 8.33. The van der Waals surface area contributed by atoms with Crippen molar-refractivity contribution in [3.8, 4) is 0 Å². The molecule has 2 rings (SSSR count). The average molecular weight is 485 g/mol. The van der Waals surface area contributed by atoms with Crippen molar-refractivity contribution >= 4 is 35.5 Å². The van der Waals surface area contributed by atoms with Crippen molar-refractivity contribution in [2.75, 3.05) is 18.6 Å². The van der Waals surface area contributed by atoms with Crippen LogP contribution >= 0.6 is 11.8 Å². The summed E-state index contributed by atoms with van der Waals surface area (Å²) in [4.78, 5) is 56.3. The molecule has 1 saturated heterocycles. The van der Waals surface area contributed by atoms with Gasteiger partial charge in [-0.25, -0.2) is 9.78 Å². The maximum atomic E-state index is 12.9. The highest BCUT2D eigenvalue weighted by Crippen LogP contribution is 2.08. The monoisotopic (exact) mass is 484 g/mol. The summed E-state index contributed by atoms with van der Waals surface area (Å²) < 4.78 is 0. The van der Waals surface area contributed by atoms with Crippen molar-refractivity contribution in [1.82, 2.24) is 31.2 Å². The summed E-state index contributed by atoms with van der Waals surface area (Å²) >= 11 is 1.50. The summed E-state index contributed by atoms with van der Waals surface area (Å²) in [7, 11) is 0. The highest BCUT2D eigenvalue weighted by Gasteiger charge is 2.33. The number of aliphatic carboxylic acids is 1. The van der Waals surface area contributed by atoms with Crippen LogP contribution in [0.4, 0.5) is 0 Å². The Labute approximate surface area is 196 Å². The molecule has 13 heteroatoms. The van der Waals surface area contributed by atoms with Gasteiger partial charge < -0.3 is 36.5 Å². The number of amides is 3. The van der Waals surface area contributed by atoms with Gasteiger partial charge >= 0.3 is 5.97 Å². The second-order valence-electron chi connectivity index (χ2n) is 7.90. The van der Waals surface area contributed by atoms with E-state index in [4.69, 9.17) is 0 Å². The van der Waals surface area contributed by atoms with Crippen LogP contribution in [0.25, 0.3) is 0 Å². The Morgan fingerprint density at radius 1 is 1.21 bits per heavy atom. The molecular formula is C20H32N6O6S. The number of imidazole rings is 1. The van der Waals surface area contributed by atoms with Crippen LogP contribution in [-0.2, 0) is 25.6 Å². The summed E-state index contributed by atoms with van der Waals surface area (Å²) in [5.41, 5.74) is 0.501. The Morgan fingerprint density at radius 2 is 1.97 bits per heavy atom. The number of aliphatic hydroxyl groups excluding tert-OH is 1. The normalized spacial score (nSPS) is 19.2. The Hall–Kier alpha value is -2.64. The van der Waals surface area contributed by atoms with E-state index in [1.807, 2.05) is 6.26 Å². The van der Waals surface area contributed by atoms with Gasteiger partial charge in [0, 0.05) is 18.3 Å². The molecule has 3 amide bonds. The fourth-order valence-corrected chi connectivity index (χ4v) is 3.89. The molecule has 12 nitrogen and oxygen atoms in total. The lowest BCUT2D eigenvalue weighted by molar-refractivity contribution is -0.143. The molecule has 7 N–H and O–H groups in total. The van der Waals surface area contributed by atoms with E-state index in [-0.39, 0.29) is 18.4 Å². The van der Waals surface area contributed by atoms with Crippen molar-refractivity contribution in [1.29, 1.82) is 0 Å². The van der Waals surface area contributed by atoms with Crippen molar-refractivity contribution in [3.05, 3.63) is 18.2 Å². The first-order valence-electron chi connectivity index (χ1n) is 10.7. The van der Waals surface area contributed by atoms with E-state index in [0.29, 0.717) is 24.3 Å². The van der Waals surface area contributed by atoms with Crippen molar-refractivity contribution in [2.45, 2.75) is 62.9 Å². The van der Waals surface area contributed by atoms with Gasteiger partial charge in [0.25, 0.3) is 0 Å². The molecule has 1 aliphatic heterocycles. The molecule has 1 aliphatic rings. The maximum Gasteiger partial charge on any atom is 0.326 e. The van der Waals surface area contributed by atoms with Gasteiger partial charge in [0.15, 0.2) is 0 Å². The number of carboxylic acid groups (broad SMARTS) is 1. The number of H-pyrrole nitrogens is 1. The minimum Gasteiger partial charge on any atom is -0.480 e. The summed E-state index contributed by atoms with van der Waals surface area (Å²) in [6.07, 6.45) is 5.21. The second-order valence-corrected chi connectivity index (χ2v) is 8.88. The zero-order valence-electron chi connectivity index (χ0n) is 18.7. The molecule has 1 aromatic rings. The van der Waals surface area contributed by atoms with Crippen LogP contribution in [0.3, 0.4) is 0 Å². The van der Waals surface area contributed by atoms with Crippen LogP contribution in [0.2, 0.25) is 0 Å². The van der Waals surface area contributed by atoms with Crippen LogP contribution < -0.4 is 21.3 Å². The lowest BCUT2D eigenvalue weighted by atomic mass is 10.1. The number of carbonyl (C=O) groups is 4. The fourth-order valence-electron chi connectivity index (χ4n) is 3.42. The van der Waals surface area contributed by atoms with E-state index in [1.54, 1.807) is 0 Å². The number of hydrogen-bond acceptors (Lipinski definition) is 8. The third-order valence-corrected chi connectivity index (χ3v) is 5.92. The first-order chi connectivity index (χ1) is 15.7. The number of aromatic amines is 1. The number of carboxylic acids is 1. The smallest absolute Gasteiger partial charge is 0.326 e. The van der Waals surface area contributed by atoms with Gasteiger partial charge in [-0.2, -0.15) is 11.8 Å². The number of nitrogens with zero attached hydrogens (tertiary/aromatic N) is 1. The maximum absolute atomic E-state index is 12.9. The predicted octanol–water partition coefficient (Wildman–Crippen LogP) is -1.62. The molecule has 0 spiro atoms. The predicted molar refractivity (Wildman–Crippen MR) is 121 cm³/mol. The summed E-state index contributed by atoms with van der Waals surface area (Å²) in [5.74, 6) is -2.46. The lowest BCUT2D eigenvalue weighted by Gasteiger charge is -2.26. The van der Waals surface area contributed by atoms with E-state index >= 15 is 0 Å². The topological polar surface area (TPSA) is 186 Å². The quantitative estimate of drug-likeness (QED) is 0.173. The summed E-state index contributed by atoms with van der Waals surface area (Å²) in [6.45, 7) is 2.04. The highest BCUT2D eigenvalue weighted by atomic mass is 32.2. The van der Waals surface area contributed by atoms with Crippen LogP contribution in [0, 0.1) is 0 Å². The molecule has 0 bridgehead atoms. The number of carbonyl (C=O) groups excluding carboxylic acids is 3. The zero-order valence-corrected chi connectivity index (χ0v) is 19.5. The molecule has 1 fully saturated rings. The molecule has 0 aliphatic carbocycles. The number of aliphatic hydroxyl groups is 1. The Morgan fingerprint density at radius 3 is 2.52 bits per heavy atom. The molecule has 1 aromatic heterocycles. The van der Waals surface area contributed by atoms with Gasteiger partial charge in [-0.3, -0.25) is 14.4 Å². The molecule has 2 heterocycles. The molecule has 5 unspecified atom stereocenters. The number of thioether (sulfide) groups is 1. The van der Waals surface area contributed by atoms with Crippen molar-refractivity contribution in [2.24, 2.45) is 0 Å². The van der Waals surface area contributed by atoms with Crippen molar-refractivity contribution in [3.63, 3.8) is 0 Å². The first-order valence-corrected chi connectivity index (χ1v) is 12.1. The Balaban J connectivity index is 2.05. The molecule has 0 aromatic carbocycles. The molecule has 33 heavy (non-hydrogen) atoms. The van der Waals surface area contributed by atoms with E-state index in [2.05, 4.69) is 31.2 Å². The minimum absolute atomic E-state index is 0.0532. The zero-order chi connectivity index (χ0) is 24.4. The Kier molecular flexibility index (Phi) is 10.6. The number of hydrogen-bond donors (Lipinski definition) is 7. The van der Waals surface area contributed by atoms with Gasteiger partial charge in [-0.1, -0.05) is 0 Å². The largest absolute Gasteiger partial charge is 0.480 e. The van der Waals surface area contributed by atoms with Gasteiger partial charge in [0.05, 0.1) is 18.5 Å². The number of rotatable bonds is 13. The van der Waals surface area contributed by atoms with Crippen LogP contribution in [0.1, 0.15) is 31.9 Å².